The Morgan fingerprint density at radius 1 is 0.935 bits per heavy atom. The average Bonchev–Trinajstić information content (AvgIpc) is 3.55. The van der Waals surface area contributed by atoms with Crippen molar-refractivity contribution >= 4 is 23.2 Å². The Morgan fingerprint density at radius 2 is 1.57 bits per heavy atom. The normalized spacial score (nSPS) is 11.6. The number of hydrogen-bond donors (Lipinski definition) is 1. The van der Waals surface area contributed by atoms with E-state index in [-0.39, 0.29) is 39.3 Å². The van der Waals surface area contributed by atoms with Crippen molar-refractivity contribution in [2.24, 2.45) is 0 Å². The van der Waals surface area contributed by atoms with Gasteiger partial charge in [0.05, 0.1) is 12.3 Å². The number of alkyl halides is 6. The van der Waals surface area contributed by atoms with Gasteiger partial charge < -0.3 is 14.3 Å². The van der Waals surface area contributed by atoms with Crippen LogP contribution in [0.15, 0.2) is 65.1 Å². The highest BCUT2D eigenvalue weighted by Crippen LogP contribution is 2.41. The maximum Gasteiger partial charge on any atom is 0.573 e. The van der Waals surface area contributed by atoms with Crippen molar-refractivity contribution in [3.63, 3.8) is 0 Å². The minimum atomic E-state index is -4.90. The molecule has 0 spiro atoms. The fraction of sp³-hybridized carbons (Fsp3) is 0.172. The van der Waals surface area contributed by atoms with Gasteiger partial charge in [-0.2, -0.15) is 26.7 Å². The van der Waals surface area contributed by atoms with Crippen LogP contribution in [0.4, 0.5) is 30.7 Å². The monoisotopic (exact) mass is 689 g/mol. The maximum atomic E-state index is 14.7. The summed E-state index contributed by atoms with van der Waals surface area (Å²) in [5.74, 6) is -0.977. The molecule has 242 valence electrons. The van der Waals surface area contributed by atoms with Crippen molar-refractivity contribution in [2.75, 3.05) is 0 Å². The van der Waals surface area contributed by atoms with E-state index in [2.05, 4.69) is 14.8 Å². The van der Waals surface area contributed by atoms with Gasteiger partial charge in [-0.1, -0.05) is 23.7 Å². The predicted molar refractivity (Wildman–Crippen MR) is 151 cm³/mol. The van der Waals surface area contributed by atoms with Crippen LogP contribution in [0.5, 0.6) is 5.75 Å². The van der Waals surface area contributed by atoms with E-state index < -0.39 is 48.0 Å². The molecule has 0 aliphatic carbocycles. The van der Waals surface area contributed by atoms with E-state index in [4.69, 9.17) is 24.4 Å². The van der Waals surface area contributed by atoms with Crippen molar-refractivity contribution in [3.05, 3.63) is 94.3 Å². The molecule has 0 aliphatic rings. The zero-order chi connectivity index (χ0) is 34.0. The number of hydrogen-bond acceptors (Lipinski definition) is 7. The van der Waals surface area contributed by atoms with Crippen LogP contribution in [0.25, 0.3) is 39.4 Å². The Kier molecular flexibility index (Phi) is 10.0. The molecule has 0 bridgehead atoms. The number of aromatic nitrogens is 3. The first kappa shape index (κ1) is 34.3. The summed E-state index contributed by atoms with van der Waals surface area (Å²) in [7, 11) is 0. The number of ether oxygens (including phenoxy) is 1. The second kappa shape index (κ2) is 13.4. The van der Waals surface area contributed by atoms with Crippen molar-refractivity contribution in [1.82, 2.24) is 14.8 Å². The van der Waals surface area contributed by atoms with Gasteiger partial charge in [0.1, 0.15) is 22.4 Å². The second-order valence-corrected chi connectivity index (χ2v) is 9.98. The molecule has 3 aromatic carbocycles. The van der Waals surface area contributed by atoms with Crippen molar-refractivity contribution in [1.29, 1.82) is 0 Å². The maximum absolute atomic E-state index is 14.7. The number of aliphatic hydroxyl groups excluding tert-OH is 1. The smallest absolute Gasteiger partial charge is 0.440 e. The molecule has 2 aromatic heterocycles. The molecule has 5 rings (SSSR count). The Balaban J connectivity index is 0.00000154. The number of nitrogens with zero attached hydrogens (tertiary/aromatic N) is 3. The molecule has 17 heteroatoms. The van der Waals surface area contributed by atoms with E-state index >= 15 is 0 Å². The van der Waals surface area contributed by atoms with Gasteiger partial charge in [0.2, 0.25) is 0 Å². The molecule has 5 aromatic rings. The summed E-state index contributed by atoms with van der Waals surface area (Å²) in [6, 6.07) is 12.7. The summed E-state index contributed by atoms with van der Waals surface area (Å²) >= 11 is 5.43. The summed E-state index contributed by atoms with van der Waals surface area (Å²) in [5.41, 5.74) is 0.752. The van der Waals surface area contributed by atoms with Gasteiger partial charge in [-0.15, -0.1) is 13.2 Å². The number of halogens is 8. The number of benzene rings is 3. The SMILES string of the molecule is Cc1nc(-c2ccc(OC(F)(F)F)cc2)c(-c2cc(-c3cc(C)c(CO)c(F)c3)ccc2-n2nc(C(F)(F)F)cc2Cl)o1.O=S=O. The molecule has 8 nitrogen and oxygen atoms in total. The lowest BCUT2D eigenvalue weighted by Gasteiger charge is -2.14. The first-order valence-electron chi connectivity index (χ1n) is 12.7. The minimum absolute atomic E-state index is 0.0307. The molecule has 46 heavy (non-hydrogen) atoms. The number of oxazole rings is 1. The molecular formula is C29H19ClF7N3O5S. The van der Waals surface area contributed by atoms with Crippen LogP contribution < -0.4 is 4.74 Å². The summed E-state index contributed by atoms with van der Waals surface area (Å²) in [6.07, 6.45) is -9.70. The van der Waals surface area contributed by atoms with Crippen LogP contribution in [0.2, 0.25) is 5.15 Å². The molecule has 0 radical (unpaired) electrons. The van der Waals surface area contributed by atoms with E-state index in [0.29, 0.717) is 28.3 Å². The molecule has 2 heterocycles. The molecule has 0 saturated heterocycles. The van der Waals surface area contributed by atoms with Gasteiger partial charge >= 0.3 is 24.1 Å². The summed E-state index contributed by atoms with van der Waals surface area (Å²) in [5, 5.41) is 12.7. The molecule has 0 fully saturated rings. The third kappa shape index (κ3) is 7.63. The van der Waals surface area contributed by atoms with E-state index in [1.165, 1.54) is 43.3 Å². The summed E-state index contributed by atoms with van der Waals surface area (Å²) < 4.78 is 120. The van der Waals surface area contributed by atoms with E-state index in [0.717, 1.165) is 16.8 Å². The van der Waals surface area contributed by atoms with E-state index in [9.17, 15) is 35.8 Å². The third-order valence-corrected chi connectivity index (χ3v) is 6.70. The molecule has 0 atom stereocenters. The van der Waals surface area contributed by atoms with E-state index in [1.54, 1.807) is 13.0 Å². The standard InChI is InChI=1S/C29H19ClF7N3O3.O2S/c1-14-9-18(11-22(31)21(14)13-41)17-5-8-23(40-25(30)12-24(39-40)28(32,33)34)20(10-17)27-26(38-15(2)42-27)16-3-6-19(7-4-16)43-29(35,36)37;1-3-2/h3-12,41H,13H2,1-2H3;. The van der Waals surface area contributed by atoms with Gasteiger partial charge in [0.25, 0.3) is 0 Å². The molecular weight excluding hydrogens is 671 g/mol. The highest BCUT2D eigenvalue weighted by Gasteiger charge is 2.35. The van der Waals surface area contributed by atoms with Crippen LogP contribution in [-0.2, 0) is 24.4 Å². The molecule has 0 amide bonds. The van der Waals surface area contributed by atoms with Crippen molar-refractivity contribution < 1.29 is 53.4 Å². The molecule has 1 N–H and O–H groups in total. The van der Waals surface area contributed by atoms with Gasteiger partial charge in [0.15, 0.2) is 17.3 Å². The second-order valence-electron chi connectivity index (χ2n) is 9.46. The summed E-state index contributed by atoms with van der Waals surface area (Å²) in [4.78, 5) is 4.36. The number of aryl methyl sites for hydroxylation is 2. The van der Waals surface area contributed by atoms with Crippen molar-refractivity contribution in [2.45, 2.75) is 33.0 Å². The Bertz CT molecular complexity index is 1890. The van der Waals surface area contributed by atoms with Crippen LogP contribution >= 0.6 is 11.6 Å². The fourth-order valence-corrected chi connectivity index (χ4v) is 4.74. The Morgan fingerprint density at radius 3 is 2.11 bits per heavy atom. The van der Waals surface area contributed by atoms with Crippen LogP contribution in [-0.4, -0.2) is 34.7 Å². The zero-order valence-electron chi connectivity index (χ0n) is 23.3. The lowest BCUT2D eigenvalue weighted by Crippen LogP contribution is -2.16. The third-order valence-electron chi connectivity index (χ3n) is 6.43. The average molecular weight is 690 g/mol. The van der Waals surface area contributed by atoms with E-state index in [1.807, 2.05) is 0 Å². The minimum Gasteiger partial charge on any atom is -0.440 e. The number of aliphatic hydroxyl groups is 1. The molecule has 0 saturated carbocycles. The molecule has 0 aliphatic heterocycles. The van der Waals surface area contributed by atoms with Gasteiger partial charge in [-0.3, -0.25) is 0 Å². The Labute approximate surface area is 263 Å². The topological polar surface area (TPSA) is 107 Å². The first-order valence-corrected chi connectivity index (χ1v) is 13.7. The first-order chi connectivity index (χ1) is 21.6. The highest BCUT2D eigenvalue weighted by molar-refractivity contribution is 7.51. The molecule has 0 unspecified atom stereocenters. The predicted octanol–water partition coefficient (Wildman–Crippen LogP) is 8.01. The zero-order valence-corrected chi connectivity index (χ0v) is 24.9. The van der Waals surface area contributed by atoms with Gasteiger partial charge in [-0.25, -0.2) is 14.1 Å². The lowest BCUT2D eigenvalue weighted by atomic mass is 9.96. The Hall–Kier alpha value is -4.54. The quantitative estimate of drug-likeness (QED) is 0.180. The fourth-order valence-electron chi connectivity index (χ4n) is 4.51. The summed E-state index contributed by atoms with van der Waals surface area (Å²) in [6.45, 7) is 2.60. The van der Waals surface area contributed by atoms with Gasteiger partial charge in [0, 0.05) is 29.7 Å². The largest absolute Gasteiger partial charge is 0.573 e. The van der Waals surface area contributed by atoms with Crippen molar-refractivity contribution in [3.8, 4) is 45.1 Å². The van der Waals surface area contributed by atoms with Crippen LogP contribution in [0, 0.1) is 19.7 Å². The van der Waals surface area contributed by atoms with Gasteiger partial charge in [-0.05, 0) is 66.1 Å². The van der Waals surface area contributed by atoms with Crippen LogP contribution in [0.3, 0.4) is 0 Å². The highest BCUT2D eigenvalue weighted by atomic mass is 35.5. The van der Waals surface area contributed by atoms with Crippen LogP contribution in [0.1, 0.15) is 22.7 Å². The number of rotatable bonds is 6. The lowest BCUT2D eigenvalue weighted by molar-refractivity contribution is -0.274.